The molecule has 418 valence electrons. The molecule has 2 aromatic heterocycles. The maximum Gasteiger partial charge on any atom is 0.271 e. The fraction of sp³-hybridized carbons (Fsp3) is 0.317. The molecule has 7 aromatic rings. The van der Waals surface area contributed by atoms with E-state index >= 15 is 0 Å². The highest BCUT2D eigenvalue weighted by Crippen LogP contribution is 2.42. The molecule has 0 radical (unpaired) electrons. The van der Waals surface area contributed by atoms with Gasteiger partial charge in [0, 0.05) is 44.6 Å². The average molecular weight is 1130 g/mol. The number of ether oxygens (including phenoxy) is 4. The molecule has 20 heteroatoms. The van der Waals surface area contributed by atoms with E-state index in [0.717, 1.165) is 27.3 Å². The van der Waals surface area contributed by atoms with E-state index in [1.165, 1.54) is 34.6 Å². The van der Waals surface area contributed by atoms with Gasteiger partial charge in [0.05, 0.1) is 67.5 Å². The van der Waals surface area contributed by atoms with Gasteiger partial charge >= 0.3 is 0 Å². The van der Waals surface area contributed by atoms with Crippen LogP contribution < -0.4 is 20.8 Å². The van der Waals surface area contributed by atoms with Crippen molar-refractivity contribution in [1.29, 1.82) is 0 Å². The topological polar surface area (TPSA) is 248 Å². The third-order valence-electron chi connectivity index (χ3n) is 13.2. The summed E-state index contributed by atoms with van der Waals surface area (Å²) in [6.45, 7) is 10.4. The summed E-state index contributed by atoms with van der Waals surface area (Å²) in [5.74, 6) is -1.41. The summed E-state index contributed by atoms with van der Waals surface area (Å²) >= 11 is 2.91. The molecule has 0 bridgehead atoms. The SMILES string of the molecule is Cc1ncsc1-c1ccc(C(C)NC(=O)C2CC(O)CN2C(=O)C(NC(=O)COCCOCCOCCOc2ccc(C=NNC(=O)c3cccc(C(=O)c4c(-c5ccc(O)cc5)sc5cc(O)ccc45)c3)cc2)C(C)(C)C)cc1. The molecule has 3 heterocycles. The van der Waals surface area contributed by atoms with E-state index in [9.17, 15) is 39.3 Å². The molecule has 8 rings (SSSR count). The summed E-state index contributed by atoms with van der Waals surface area (Å²) < 4.78 is 23.2. The minimum atomic E-state index is -0.996. The van der Waals surface area contributed by atoms with Crippen LogP contribution in [0.15, 0.2) is 126 Å². The van der Waals surface area contributed by atoms with Gasteiger partial charge < -0.3 is 49.8 Å². The molecule has 0 saturated carbocycles. The van der Waals surface area contributed by atoms with Gasteiger partial charge in [-0.15, -0.1) is 22.7 Å². The third kappa shape index (κ3) is 15.1. The van der Waals surface area contributed by atoms with Gasteiger partial charge in [0.25, 0.3) is 5.91 Å². The molecule has 4 atom stereocenters. The van der Waals surface area contributed by atoms with Gasteiger partial charge in [-0.2, -0.15) is 5.10 Å². The molecule has 6 N–H and O–H groups in total. The van der Waals surface area contributed by atoms with Crippen LogP contribution in [0.25, 0.3) is 31.0 Å². The first-order valence-corrected chi connectivity index (χ1v) is 27.7. The van der Waals surface area contributed by atoms with Crippen LogP contribution in [0.3, 0.4) is 0 Å². The zero-order chi connectivity index (χ0) is 56.9. The van der Waals surface area contributed by atoms with E-state index in [2.05, 4.69) is 26.1 Å². The number of aryl methyl sites for hydroxylation is 1. The van der Waals surface area contributed by atoms with Gasteiger partial charge in [-0.25, -0.2) is 10.4 Å². The Balaban J connectivity index is 0.698. The van der Waals surface area contributed by atoms with Crippen LogP contribution in [0.5, 0.6) is 17.2 Å². The second-order valence-electron chi connectivity index (χ2n) is 20.2. The Morgan fingerprint density at radius 1 is 0.787 bits per heavy atom. The average Bonchev–Trinajstić information content (AvgIpc) is 4.21. The van der Waals surface area contributed by atoms with Crippen LogP contribution in [0.2, 0.25) is 0 Å². The number of nitrogens with zero attached hydrogens (tertiary/aromatic N) is 3. The van der Waals surface area contributed by atoms with Crippen LogP contribution in [0.1, 0.15) is 83.3 Å². The number of hydrogen-bond donors (Lipinski definition) is 6. The number of benzene rings is 5. The molecule has 0 spiro atoms. The zero-order valence-corrected chi connectivity index (χ0v) is 46.6. The number of aromatic nitrogens is 1. The molecule has 18 nitrogen and oxygen atoms in total. The van der Waals surface area contributed by atoms with Crippen LogP contribution in [0, 0.1) is 12.3 Å². The van der Waals surface area contributed by atoms with Crippen molar-refractivity contribution in [1.82, 2.24) is 25.9 Å². The fourth-order valence-electron chi connectivity index (χ4n) is 8.99. The van der Waals surface area contributed by atoms with Crippen molar-refractivity contribution in [3.8, 4) is 38.1 Å². The van der Waals surface area contributed by atoms with Gasteiger partial charge in [0.1, 0.15) is 42.5 Å². The molecular weight excluding hydrogens is 1060 g/mol. The number of thiophene rings is 1. The van der Waals surface area contributed by atoms with Gasteiger partial charge in [-0.3, -0.25) is 24.0 Å². The molecular formula is C60H64N6O12S2. The maximum absolute atomic E-state index is 14.1. The van der Waals surface area contributed by atoms with Crippen LogP contribution >= 0.6 is 22.7 Å². The van der Waals surface area contributed by atoms with Crippen LogP contribution in [-0.2, 0) is 28.6 Å². The van der Waals surface area contributed by atoms with Crippen molar-refractivity contribution >= 4 is 68.4 Å². The zero-order valence-electron chi connectivity index (χ0n) is 45.0. The predicted molar refractivity (Wildman–Crippen MR) is 306 cm³/mol. The first-order chi connectivity index (χ1) is 38.4. The van der Waals surface area contributed by atoms with Crippen molar-refractivity contribution in [2.75, 3.05) is 52.8 Å². The Morgan fingerprint density at radius 3 is 2.12 bits per heavy atom. The van der Waals surface area contributed by atoms with Crippen molar-refractivity contribution in [3.05, 3.63) is 154 Å². The Kier molecular flexibility index (Phi) is 19.6. The Labute approximate surface area is 471 Å². The van der Waals surface area contributed by atoms with Crippen LogP contribution in [-0.4, -0.2) is 132 Å². The first-order valence-electron chi connectivity index (χ1n) is 26.0. The first kappa shape index (κ1) is 58.3. The van der Waals surface area contributed by atoms with E-state index in [0.29, 0.717) is 50.6 Å². The van der Waals surface area contributed by atoms with Gasteiger partial charge in [0.2, 0.25) is 17.7 Å². The lowest BCUT2D eigenvalue weighted by atomic mass is 9.85. The quantitative estimate of drug-likeness (QED) is 0.0145. The number of β-amino-alcohol motifs (C(OH)–C–C–N with tert-alkyl or cyclic N) is 1. The number of aliphatic hydroxyl groups is 1. The fourth-order valence-corrected chi connectivity index (χ4v) is 11.0. The summed E-state index contributed by atoms with van der Waals surface area (Å²) in [5, 5.41) is 41.2. The number of aliphatic hydroxyl groups excluding tert-OH is 1. The minimum absolute atomic E-state index is 0.0401. The normalized spacial score (nSPS) is 15.2. The highest BCUT2D eigenvalue weighted by molar-refractivity contribution is 7.22. The van der Waals surface area contributed by atoms with E-state index in [4.69, 9.17) is 18.9 Å². The largest absolute Gasteiger partial charge is 0.508 e. The smallest absolute Gasteiger partial charge is 0.271 e. The van der Waals surface area contributed by atoms with E-state index < -0.39 is 41.3 Å². The number of thiazole rings is 1. The molecule has 4 amide bonds. The second-order valence-corrected chi connectivity index (χ2v) is 22.1. The molecule has 1 aliphatic rings. The number of rotatable bonds is 24. The number of carbonyl (C=O) groups is 5. The molecule has 1 fully saturated rings. The standard InChI is InChI=1S/C60H64N6O12S2/c1-36(39-11-13-40(14-12-39)54-37(2)61-35-79-54)63-58(73)49-30-46(69)33-66(49)59(74)56(60(3,4)5)64-51(70)34-77-26-25-75-23-24-76-27-28-78-47-20-9-38(10-21-47)32-62-65-57(72)43-8-6-7-42(29-43)53(71)52-48-22-19-45(68)31-50(48)80-55(52)41-15-17-44(67)18-16-41/h6-22,29,31-32,35-36,46,49,56,67-69H,23-28,30,33-34H2,1-5H3,(H,63,73)(H,64,70)(H,65,72). The third-order valence-corrected chi connectivity index (χ3v) is 15.4. The summed E-state index contributed by atoms with van der Waals surface area (Å²) in [7, 11) is 0. The number of hydrogen-bond acceptors (Lipinski definition) is 16. The maximum atomic E-state index is 14.1. The molecule has 80 heavy (non-hydrogen) atoms. The van der Waals surface area contributed by atoms with Gasteiger partial charge in [-0.05, 0) is 120 Å². The summed E-state index contributed by atoms with van der Waals surface area (Å²) in [6.07, 6.45) is 0.658. The number of likely N-dealkylation sites (tertiary alicyclic amines) is 1. The number of amides is 4. The monoisotopic (exact) mass is 1120 g/mol. The van der Waals surface area contributed by atoms with Gasteiger partial charge in [0.15, 0.2) is 5.78 Å². The van der Waals surface area contributed by atoms with E-state index in [1.54, 1.807) is 95.7 Å². The van der Waals surface area contributed by atoms with Crippen molar-refractivity contribution < 1.29 is 58.2 Å². The summed E-state index contributed by atoms with van der Waals surface area (Å²) in [4.78, 5) is 75.4. The molecule has 0 aliphatic carbocycles. The number of hydrazone groups is 1. The molecule has 5 aromatic carbocycles. The number of fused-ring (bicyclic) bond motifs is 1. The Morgan fingerprint density at radius 2 is 1.44 bits per heavy atom. The number of aromatic hydroxyl groups is 2. The number of phenolic OH excluding ortho intramolecular Hbond substituents is 2. The molecule has 1 saturated heterocycles. The minimum Gasteiger partial charge on any atom is -0.508 e. The van der Waals surface area contributed by atoms with Crippen LogP contribution in [0.4, 0.5) is 0 Å². The number of nitrogens with one attached hydrogen (secondary N) is 3. The lowest BCUT2D eigenvalue weighted by molar-refractivity contribution is -0.144. The highest BCUT2D eigenvalue weighted by Gasteiger charge is 2.44. The van der Waals surface area contributed by atoms with Crippen molar-refractivity contribution in [2.24, 2.45) is 10.5 Å². The van der Waals surface area contributed by atoms with Crippen molar-refractivity contribution in [2.45, 2.75) is 65.3 Å². The highest BCUT2D eigenvalue weighted by atomic mass is 32.1. The van der Waals surface area contributed by atoms with E-state index in [-0.39, 0.29) is 80.8 Å². The van der Waals surface area contributed by atoms with Gasteiger partial charge in [-0.1, -0.05) is 57.2 Å². The number of ketones is 1. The summed E-state index contributed by atoms with van der Waals surface area (Å²) in [5.41, 5.74) is 8.84. The summed E-state index contributed by atoms with van der Waals surface area (Å²) in [6, 6.07) is 30.4. The van der Waals surface area contributed by atoms with Crippen molar-refractivity contribution in [3.63, 3.8) is 0 Å². The number of carbonyl (C=O) groups excluding carboxylic acids is 5. The lowest BCUT2D eigenvalue weighted by Gasteiger charge is -2.35. The second kappa shape index (κ2) is 26.9. The molecule has 4 unspecified atom stereocenters. The molecule has 1 aliphatic heterocycles. The Bertz CT molecular complexity index is 3320. The predicted octanol–water partition coefficient (Wildman–Crippen LogP) is 8.21. The van der Waals surface area contributed by atoms with E-state index in [1.807, 2.05) is 58.9 Å². The number of phenols is 2. The Hall–Kier alpha value is -7.85. The lowest BCUT2D eigenvalue weighted by Crippen LogP contribution is -2.58.